The third kappa shape index (κ3) is 10.1. The van der Waals surface area contributed by atoms with Crippen molar-refractivity contribution in [2.24, 2.45) is 0 Å². The molecule has 264 valence electrons. The van der Waals surface area contributed by atoms with Crippen molar-refractivity contribution in [3.63, 3.8) is 0 Å². The monoisotopic (exact) mass is 699 g/mol. The molecular weight excluding hydrogens is 656 g/mol. The van der Waals surface area contributed by atoms with Crippen LogP contribution in [0.1, 0.15) is 48.5 Å². The molecule has 49 heavy (non-hydrogen) atoms. The van der Waals surface area contributed by atoms with Crippen molar-refractivity contribution in [2.75, 3.05) is 62.2 Å². The standard InChI is InChI=1S/C35H43F2N5O6S/c1-3-4-15-42(35(44)38-33-22-30(31(36)23-32(33)37)34(43)41-18-20-47-21-19-41)27-13-16-40(17-14-27)24-25-5-9-28(10-6-25)48-29-11-7-26(8-12-29)39-49(2,45)46/h5-12,22-23,27,39H,3-4,13-21,24H2,1-2H3,(H,38,44). The first kappa shape index (κ1) is 36.0. The summed E-state index contributed by atoms with van der Waals surface area (Å²) in [5.41, 5.74) is 1.05. The SMILES string of the molecule is CCCCN(C(=O)Nc1cc(C(=O)N2CCOCC2)c(F)cc1F)C1CCN(Cc2ccc(Oc3ccc(NS(C)(=O)=O)cc3)cc2)CC1. The number of ether oxygens (including phenoxy) is 2. The van der Waals surface area contributed by atoms with E-state index < -0.39 is 33.6 Å². The molecule has 2 saturated heterocycles. The van der Waals surface area contributed by atoms with Crippen LogP contribution in [0.15, 0.2) is 60.7 Å². The van der Waals surface area contributed by atoms with Crippen LogP contribution in [-0.2, 0) is 21.3 Å². The molecule has 3 aromatic rings. The Hall–Kier alpha value is -4.27. The lowest BCUT2D eigenvalue weighted by atomic mass is 10.0. The summed E-state index contributed by atoms with van der Waals surface area (Å²) in [4.78, 5) is 32.0. The number of morpholine rings is 1. The Labute approximate surface area is 286 Å². The number of nitrogens with zero attached hydrogens (tertiary/aromatic N) is 3. The van der Waals surface area contributed by atoms with Crippen LogP contribution in [0.5, 0.6) is 11.5 Å². The molecule has 3 amide bonds. The number of amides is 3. The quantitative estimate of drug-likeness (QED) is 0.242. The van der Waals surface area contributed by atoms with Gasteiger partial charge in [0.2, 0.25) is 10.0 Å². The van der Waals surface area contributed by atoms with Gasteiger partial charge >= 0.3 is 6.03 Å². The van der Waals surface area contributed by atoms with Gasteiger partial charge in [-0.15, -0.1) is 0 Å². The minimum atomic E-state index is -3.35. The van der Waals surface area contributed by atoms with Crippen molar-refractivity contribution in [1.29, 1.82) is 0 Å². The summed E-state index contributed by atoms with van der Waals surface area (Å²) < 4.78 is 65.9. The summed E-state index contributed by atoms with van der Waals surface area (Å²) in [6.07, 6.45) is 4.20. The first-order valence-electron chi connectivity index (χ1n) is 16.5. The molecule has 0 atom stereocenters. The molecule has 0 aliphatic carbocycles. The lowest BCUT2D eigenvalue weighted by Crippen LogP contribution is -2.49. The van der Waals surface area contributed by atoms with Gasteiger partial charge in [0.05, 0.1) is 30.7 Å². The van der Waals surface area contributed by atoms with Gasteiger partial charge in [0.15, 0.2) is 0 Å². The Balaban J connectivity index is 1.15. The minimum Gasteiger partial charge on any atom is -0.457 e. The number of urea groups is 1. The molecule has 2 fully saturated rings. The average Bonchev–Trinajstić information content (AvgIpc) is 3.08. The van der Waals surface area contributed by atoms with Crippen LogP contribution >= 0.6 is 0 Å². The summed E-state index contributed by atoms with van der Waals surface area (Å²) in [5.74, 6) is -1.25. The van der Waals surface area contributed by atoms with Gasteiger partial charge in [-0.25, -0.2) is 22.0 Å². The summed E-state index contributed by atoms with van der Waals surface area (Å²) in [6, 6.07) is 15.6. The third-order valence-corrected chi connectivity index (χ3v) is 9.17. The molecule has 0 aromatic heterocycles. The van der Waals surface area contributed by atoms with E-state index in [9.17, 15) is 26.8 Å². The van der Waals surface area contributed by atoms with E-state index in [1.165, 1.54) is 4.90 Å². The number of halogens is 2. The zero-order chi connectivity index (χ0) is 35.0. The first-order valence-corrected chi connectivity index (χ1v) is 18.4. The number of hydrogen-bond acceptors (Lipinski definition) is 7. The van der Waals surface area contributed by atoms with E-state index in [0.717, 1.165) is 63.2 Å². The molecule has 5 rings (SSSR count). The number of hydrogen-bond donors (Lipinski definition) is 2. The smallest absolute Gasteiger partial charge is 0.322 e. The highest BCUT2D eigenvalue weighted by atomic mass is 32.2. The van der Waals surface area contributed by atoms with Gasteiger partial charge in [-0.1, -0.05) is 25.5 Å². The lowest BCUT2D eigenvalue weighted by molar-refractivity contribution is 0.0300. The van der Waals surface area contributed by atoms with Crippen LogP contribution in [0.25, 0.3) is 0 Å². The number of piperidine rings is 1. The van der Waals surface area contributed by atoms with Gasteiger partial charge in [0.25, 0.3) is 5.91 Å². The topological polar surface area (TPSA) is 121 Å². The third-order valence-electron chi connectivity index (χ3n) is 8.56. The molecule has 2 aliphatic heterocycles. The van der Waals surface area contributed by atoms with Gasteiger partial charge in [-0.2, -0.15) is 0 Å². The van der Waals surface area contributed by atoms with Crippen molar-refractivity contribution in [1.82, 2.24) is 14.7 Å². The molecule has 3 aromatic carbocycles. The van der Waals surface area contributed by atoms with Crippen molar-refractivity contribution >= 4 is 33.3 Å². The molecule has 0 unspecified atom stereocenters. The maximum atomic E-state index is 14.9. The molecule has 0 bridgehead atoms. The van der Waals surface area contributed by atoms with E-state index in [-0.39, 0.29) is 17.3 Å². The first-order chi connectivity index (χ1) is 23.5. The number of nitrogens with one attached hydrogen (secondary N) is 2. The van der Waals surface area contributed by atoms with Gasteiger partial charge in [0, 0.05) is 57.1 Å². The number of rotatable bonds is 12. The van der Waals surface area contributed by atoms with Gasteiger partial charge in [-0.05, 0) is 67.3 Å². The van der Waals surface area contributed by atoms with Crippen LogP contribution in [-0.4, -0.2) is 93.3 Å². The van der Waals surface area contributed by atoms with Crippen molar-refractivity contribution in [3.8, 4) is 11.5 Å². The van der Waals surface area contributed by atoms with Crippen LogP contribution in [0, 0.1) is 11.6 Å². The summed E-state index contributed by atoms with van der Waals surface area (Å²) in [5, 5.41) is 2.62. The number of carbonyl (C=O) groups is 2. The minimum absolute atomic E-state index is 0.0597. The predicted molar refractivity (Wildman–Crippen MR) is 183 cm³/mol. The Morgan fingerprint density at radius 2 is 1.57 bits per heavy atom. The lowest BCUT2D eigenvalue weighted by Gasteiger charge is -2.38. The van der Waals surface area contributed by atoms with Gasteiger partial charge < -0.3 is 24.6 Å². The molecule has 14 heteroatoms. The van der Waals surface area contributed by atoms with E-state index in [0.29, 0.717) is 56.1 Å². The fraction of sp³-hybridized carbons (Fsp3) is 0.429. The molecule has 2 aliphatic rings. The fourth-order valence-corrected chi connectivity index (χ4v) is 6.53. The van der Waals surface area contributed by atoms with Gasteiger partial charge in [-0.3, -0.25) is 14.4 Å². The maximum Gasteiger partial charge on any atom is 0.322 e. The summed E-state index contributed by atoms with van der Waals surface area (Å²) >= 11 is 0. The van der Waals surface area contributed by atoms with Crippen LogP contribution < -0.4 is 14.8 Å². The number of sulfonamides is 1. The number of carbonyl (C=O) groups excluding carboxylic acids is 2. The van der Waals surface area contributed by atoms with Crippen LogP contribution in [0.3, 0.4) is 0 Å². The predicted octanol–water partition coefficient (Wildman–Crippen LogP) is 5.90. The highest BCUT2D eigenvalue weighted by Crippen LogP contribution is 2.27. The summed E-state index contributed by atoms with van der Waals surface area (Å²) in [6.45, 7) is 6.08. The van der Waals surface area contributed by atoms with Gasteiger partial charge in [0.1, 0.15) is 23.1 Å². The number of likely N-dealkylation sites (tertiary alicyclic amines) is 1. The zero-order valence-corrected chi connectivity index (χ0v) is 28.6. The summed E-state index contributed by atoms with van der Waals surface area (Å²) in [7, 11) is -3.35. The highest BCUT2D eigenvalue weighted by molar-refractivity contribution is 7.92. The maximum absolute atomic E-state index is 14.9. The number of benzene rings is 3. The number of unbranched alkanes of at least 4 members (excludes halogenated alkanes) is 1. The molecule has 0 spiro atoms. The van der Waals surface area contributed by atoms with E-state index in [1.54, 1.807) is 29.2 Å². The normalized spacial score (nSPS) is 15.9. The van der Waals surface area contributed by atoms with Crippen molar-refractivity contribution in [2.45, 2.75) is 45.2 Å². The highest BCUT2D eigenvalue weighted by Gasteiger charge is 2.29. The zero-order valence-electron chi connectivity index (χ0n) is 27.8. The molecule has 11 nitrogen and oxygen atoms in total. The van der Waals surface area contributed by atoms with E-state index in [2.05, 4.69) is 14.9 Å². The van der Waals surface area contributed by atoms with Crippen LogP contribution in [0.4, 0.5) is 25.0 Å². The largest absolute Gasteiger partial charge is 0.457 e. The second kappa shape index (κ2) is 16.4. The Kier molecular flexibility index (Phi) is 12.1. The van der Waals surface area contributed by atoms with E-state index in [1.807, 2.05) is 31.2 Å². The average molecular weight is 700 g/mol. The number of anilines is 2. The molecule has 2 N–H and O–H groups in total. The Bertz CT molecular complexity index is 1690. The molecule has 0 radical (unpaired) electrons. The van der Waals surface area contributed by atoms with Crippen LogP contribution in [0.2, 0.25) is 0 Å². The van der Waals surface area contributed by atoms with Crippen molar-refractivity contribution < 1.29 is 36.3 Å². The second-order valence-corrected chi connectivity index (χ2v) is 14.1. The Morgan fingerprint density at radius 3 is 2.18 bits per heavy atom. The Morgan fingerprint density at radius 1 is 0.939 bits per heavy atom. The van der Waals surface area contributed by atoms with Crippen molar-refractivity contribution in [3.05, 3.63) is 83.4 Å². The second-order valence-electron chi connectivity index (χ2n) is 12.3. The molecule has 0 saturated carbocycles. The molecule has 2 heterocycles. The molecular formula is C35H43F2N5O6S. The van der Waals surface area contributed by atoms with E-state index >= 15 is 0 Å². The fourth-order valence-electron chi connectivity index (χ4n) is 5.96. The van der Waals surface area contributed by atoms with E-state index in [4.69, 9.17) is 9.47 Å².